The fourth-order valence-electron chi connectivity index (χ4n) is 1.79. The monoisotopic (exact) mass is 394 g/mol. The van der Waals surface area contributed by atoms with Gasteiger partial charge in [0.15, 0.2) is 0 Å². The van der Waals surface area contributed by atoms with E-state index < -0.39 is 0 Å². The molecule has 2 aromatic rings. The highest BCUT2D eigenvalue weighted by atomic mass is 127. The summed E-state index contributed by atoms with van der Waals surface area (Å²) in [6.07, 6.45) is 1.62. The number of ether oxygens (including phenoxy) is 1. The first-order valence-electron chi connectivity index (χ1n) is 6.34. The van der Waals surface area contributed by atoms with Crippen LogP contribution in [0.5, 0.6) is 5.75 Å². The molecule has 0 aliphatic rings. The van der Waals surface area contributed by atoms with E-state index in [2.05, 4.69) is 33.1 Å². The first kappa shape index (κ1) is 15.5. The first-order valence-corrected chi connectivity index (χ1v) is 7.41. The van der Waals surface area contributed by atoms with Crippen molar-refractivity contribution in [1.82, 2.24) is 5.43 Å². The van der Waals surface area contributed by atoms with Gasteiger partial charge in [-0.05, 0) is 53.3 Å². The van der Waals surface area contributed by atoms with Crippen molar-refractivity contribution in [2.45, 2.75) is 6.92 Å². The van der Waals surface area contributed by atoms with E-state index in [1.165, 1.54) is 0 Å². The van der Waals surface area contributed by atoms with Crippen LogP contribution < -0.4 is 10.2 Å². The van der Waals surface area contributed by atoms with Gasteiger partial charge in [0.25, 0.3) is 5.91 Å². The summed E-state index contributed by atoms with van der Waals surface area (Å²) in [6, 6.07) is 13.1. The average Bonchev–Trinajstić information content (AvgIpc) is 2.47. The molecule has 0 saturated carbocycles. The zero-order chi connectivity index (χ0) is 15.2. The van der Waals surface area contributed by atoms with Crippen LogP contribution in [-0.2, 0) is 0 Å². The largest absolute Gasteiger partial charge is 0.496 e. The number of hydrazone groups is 1. The van der Waals surface area contributed by atoms with Crippen molar-refractivity contribution in [1.29, 1.82) is 0 Å². The van der Waals surface area contributed by atoms with Gasteiger partial charge in [-0.15, -0.1) is 0 Å². The van der Waals surface area contributed by atoms with Gasteiger partial charge in [0.05, 0.1) is 16.9 Å². The number of hydrogen-bond acceptors (Lipinski definition) is 3. The molecule has 4 nitrogen and oxygen atoms in total. The van der Waals surface area contributed by atoms with Crippen LogP contribution in [-0.4, -0.2) is 19.2 Å². The van der Waals surface area contributed by atoms with Crippen LogP contribution in [0.15, 0.2) is 47.6 Å². The lowest BCUT2D eigenvalue weighted by Gasteiger charge is -2.05. The van der Waals surface area contributed by atoms with Crippen LogP contribution in [0.4, 0.5) is 0 Å². The predicted octanol–water partition coefficient (Wildman–Crippen LogP) is 3.37. The van der Waals surface area contributed by atoms with Crippen molar-refractivity contribution in [2.75, 3.05) is 7.11 Å². The van der Waals surface area contributed by atoms with Gasteiger partial charge in [-0.25, -0.2) is 5.43 Å². The molecule has 0 saturated heterocycles. The topological polar surface area (TPSA) is 50.7 Å². The number of amides is 1. The fraction of sp³-hybridized carbons (Fsp3) is 0.125. The molecule has 21 heavy (non-hydrogen) atoms. The van der Waals surface area contributed by atoms with Gasteiger partial charge in [-0.2, -0.15) is 5.10 Å². The van der Waals surface area contributed by atoms with E-state index in [-0.39, 0.29) is 5.91 Å². The molecule has 108 valence electrons. The standard InChI is InChI=1S/C16H15IN2O2/c1-11-4-3-5-12(8-11)10-18-19-16(20)13-6-7-15(21-2)14(17)9-13/h3-10H,1-2H3,(H,19,20)/b18-10+. The Morgan fingerprint density at radius 2 is 2.10 bits per heavy atom. The second-order valence-electron chi connectivity index (χ2n) is 4.46. The number of aryl methyl sites for hydroxylation is 1. The average molecular weight is 394 g/mol. The Hall–Kier alpha value is -1.89. The quantitative estimate of drug-likeness (QED) is 0.491. The molecule has 0 radical (unpaired) electrons. The van der Waals surface area contributed by atoms with Crippen LogP contribution >= 0.6 is 22.6 Å². The van der Waals surface area contributed by atoms with Gasteiger partial charge >= 0.3 is 0 Å². The van der Waals surface area contributed by atoms with Gasteiger partial charge < -0.3 is 4.74 Å². The highest BCUT2D eigenvalue weighted by Crippen LogP contribution is 2.21. The number of nitrogens with zero attached hydrogens (tertiary/aromatic N) is 1. The Balaban J connectivity index is 2.03. The molecule has 0 aliphatic heterocycles. The van der Waals surface area contributed by atoms with Gasteiger partial charge in [0.2, 0.25) is 0 Å². The number of nitrogens with one attached hydrogen (secondary N) is 1. The summed E-state index contributed by atoms with van der Waals surface area (Å²) in [6.45, 7) is 2.01. The molecule has 0 heterocycles. The molecular weight excluding hydrogens is 379 g/mol. The second-order valence-corrected chi connectivity index (χ2v) is 5.62. The van der Waals surface area contributed by atoms with Crippen LogP contribution in [0.1, 0.15) is 21.5 Å². The molecule has 0 aliphatic carbocycles. The first-order chi connectivity index (χ1) is 10.1. The number of halogens is 1. The molecule has 1 amide bonds. The van der Waals surface area contributed by atoms with E-state index in [1.807, 2.05) is 31.2 Å². The predicted molar refractivity (Wildman–Crippen MR) is 92.0 cm³/mol. The fourth-order valence-corrected chi connectivity index (χ4v) is 2.52. The molecule has 0 aromatic heterocycles. The van der Waals surface area contributed by atoms with Crippen molar-refractivity contribution in [3.8, 4) is 5.75 Å². The summed E-state index contributed by atoms with van der Waals surface area (Å²) in [5.41, 5.74) is 5.15. The summed E-state index contributed by atoms with van der Waals surface area (Å²) >= 11 is 2.13. The zero-order valence-electron chi connectivity index (χ0n) is 11.8. The smallest absolute Gasteiger partial charge is 0.271 e. The summed E-state index contributed by atoms with van der Waals surface area (Å²) in [5.74, 6) is 0.495. The number of carbonyl (C=O) groups is 1. The molecule has 0 atom stereocenters. The lowest BCUT2D eigenvalue weighted by atomic mass is 10.2. The van der Waals surface area contributed by atoms with Crippen LogP contribution in [0, 0.1) is 10.5 Å². The van der Waals surface area contributed by atoms with E-state index in [1.54, 1.807) is 31.5 Å². The minimum Gasteiger partial charge on any atom is -0.496 e. The number of benzene rings is 2. The van der Waals surface area contributed by atoms with E-state index >= 15 is 0 Å². The maximum atomic E-state index is 12.0. The molecule has 0 spiro atoms. The van der Waals surface area contributed by atoms with Gasteiger partial charge in [0.1, 0.15) is 5.75 Å². The van der Waals surface area contributed by atoms with Crippen LogP contribution in [0.3, 0.4) is 0 Å². The van der Waals surface area contributed by atoms with E-state index in [4.69, 9.17) is 4.74 Å². The third kappa shape index (κ3) is 4.29. The summed E-state index contributed by atoms with van der Waals surface area (Å²) in [4.78, 5) is 12.0. The van der Waals surface area contributed by atoms with Crippen molar-refractivity contribution < 1.29 is 9.53 Å². The van der Waals surface area contributed by atoms with E-state index in [9.17, 15) is 4.79 Å². The highest BCUT2D eigenvalue weighted by molar-refractivity contribution is 14.1. The maximum absolute atomic E-state index is 12.0. The third-order valence-corrected chi connectivity index (χ3v) is 3.68. The number of carbonyl (C=O) groups excluding carboxylic acids is 1. The highest BCUT2D eigenvalue weighted by Gasteiger charge is 2.07. The Morgan fingerprint density at radius 1 is 1.29 bits per heavy atom. The molecular formula is C16H15IN2O2. The molecule has 0 unspecified atom stereocenters. The number of rotatable bonds is 4. The number of hydrogen-bond donors (Lipinski definition) is 1. The second kappa shape index (κ2) is 7.21. The van der Waals surface area contributed by atoms with Crippen molar-refractivity contribution in [3.05, 3.63) is 62.7 Å². The lowest BCUT2D eigenvalue weighted by molar-refractivity contribution is 0.0955. The molecule has 2 rings (SSSR count). The summed E-state index contributed by atoms with van der Waals surface area (Å²) in [5, 5.41) is 3.97. The van der Waals surface area contributed by atoms with Crippen molar-refractivity contribution in [2.24, 2.45) is 5.10 Å². The Kier molecular flexibility index (Phi) is 5.32. The van der Waals surface area contributed by atoms with Crippen LogP contribution in [0.2, 0.25) is 0 Å². The van der Waals surface area contributed by atoms with E-state index in [0.717, 1.165) is 20.4 Å². The Labute approximate surface area is 137 Å². The van der Waals surface area contributed by atoms with Crippen molar-refractivity contribution >= 4 is 34.7 Å². The maximum Gasteiger partial charge on any atom is 0.271 e. The summed E-state index contributed by atoms with van der Waals surface area (Å²) < 4.78 is 6.04. The number of methoxy groups -OCH3 is 1. The van der Waals surface area contributed by atoms with Crippen LogP contribution in [0.25, 0.3) is 0 Å². The molecule has 2 aromatic carbocycles. The minimum absolute atomic E-state index is 0.250. The third-order valence-electron chi connectivity index (χ3n) is 2.84. The van der Waals surface area contributed by atoms with Gasteiger partial charge in [0, 0.05) is 5.56 Å². The summed E-state index contributed by atoms with van der Waals surface area (Å²) in [7, 11) is 1.60. The SMILES string of the molecule is COc1ccc(C(=O)N/N=C/c2cccc(C)c2)cc1I. The molecule has 5 heteroatoms. The zero-order valence-corrected chi connectivity index (χ0v) is 13.9. The lowest BCUT2D eigenvalue weighted by Crippen LogP contribution is -2.17. The van der Waals surface area contributed by atoms with E-state index in [0.29, 0.717) is 5.56 Å². The Bertz CT molecular complexity index is 684. The minimum atomic E-state index is -0.250. The molecule has 0 bridgehead atoms. The van der Waals surface area contributed by atoms with Crippen molar-refractivity contribution in [3.63, 3.8) is 0 Å². The molecule has 0 fully saturated rings. The van der Waals surface area contributed by atoms with Gasteiger partial charge in [-0.1, -0.05) is 29.8 Å². The normalized spacial score (nSPS) is 10.6. The Morgan fingerprint density at radius 3 is 2.76 bits per heavy atom. The molecule has 1 N–H and O–H groups in total. The van der Waals surface area contributed by atoms with Gasteiger partial charge in [-0.3, -0.25) is 4.79 Å².